The van der Waals surface area contributed by atoms with Crippen LogP contribution in [0.15, 0.2) is 30.3 Å². The Bertz CT molecular complexity index is 1330. The molecule has 12 heteroatoms. The number of likely N-dealkylation sites (tertiary alicyclic amines) is 1. The number of fused-ring (bicyclic) bond motifs is 1. The topological polar surface area (TPSA) is 97.6 Å². The summed E-state index contributed by atoms with van der Waals surface area (Å²) in [5, 5.41) is 3.39. The van der Waals surface area contributed by atoms with Gasteiger partial charge in [0.15, 0.2) is 5.82 Å². The number of alkyl halides is 2. The van der Waals surface area contributed by atoms with E-state index in [1.165, 1.54) is 4.57 Å². The molecule has 2 aromatic heterocycles. The van der Waals surface area contributed by atoms with E-state index in [0.717, 1.165) is 25.7 Å². The number of carbonyl (C=O) groups excluding carboxylic acids is 1. The summed E-state index contributed by atoms with van der Waals surface area (Å²) in [7, 11) is 1.74. The Morgan fingerprint density at radius 1 is 1.10 bits per heavy atom. The lowest BCUT2D eigenvalue weighted by Gasteiger charge is -2.42. The lowest BCUT2D eigenvalue weighted by atomic mass is 9.85. The smallest absolute Gasteiger partial charge is 0.296 e. The molecule has 10 nitrogen and oxygen atoms in total. The van der Waals surface area contributed by atoms with Crippen molar-refractivity contribution in [1.29, 1.82) is 0 Å². The van der Waals surface area contributed by atoms with Crippen LogP contribution in [0.4, 0.5) is 20.5 Å². The van der Waals surface area contributed by atoms with Gasteiger partial charge in [-0.25, -0.2) is 13.8 Å². The molecule has 1 saturated carbocycles. The quantitative estimate of drug-likeness (QED) is 0.450. The second-order valence-electron chi connectivity index (χ2n) is 10.8. The van der Waals surface area contributed by atoms with E-state index in [4.69, 9.17) is 19.4 Å². The van der Waals surface area contributed by atoms with E-state index in [2.05, 4.69) is 10.3 Å². The minimum Gasteiger partial charge on any atom is -0.381 e. The second-order valence-corrected chi connectivity index (χ2v) is 10.8. The van der Waals surface area contributed by atoms with Crippen molar-refractivity contribution < 1.29 is 23.0 Å². The molecule has 2 saturated heterocycles. The Hall–Kier alpha value is -3.38. The van der Waals surface area contributed by atoms with Crippen molar-refractivity contribution in [3.8, 4) is 5.82 Å². The first-order valence-electron chi connectivity index (χ1n) is 14.0. The van der Waals surface area contributed by atoms with Gasteiger partial charge < -0.3 is 24.6 Å². The molecule has 1 aromatic carbocycles. The predicted molar refractivity (Wildman–Crippen MR) is 146 cm³/mol. The molecule has 40 heavy (non-hydrogen) atoms. The highest BCUT2D eigenvalue weighted by Gasteiger charge is 2.36. The van der Waals surface area contributed by atoms with E-state index in [-0.39, 0.29) is 29.7 Å². The van der Waals surface area contributed by atoms with Crippen LogP contribution < -0.4 is 10.2 Å². The van der Waals surface area contributed by atoms with Crippen molar-refractivity contribution in [3.05, 3.63) is 36.2 Å². The first-order valence-corrected chi connectivity index (χ1v) is 14.0. The third kappa shape index (κ3) is 5.46. The van der Waals surface area contributed by atoms with Gasteiger partial charge in [-0.05, 0) is 37.8 Å². The molecular weight excluding hydrogens is 520 g/mol. The second kappa shape index (κ2) is 11.6. The maximum atomic E-state index is 14.1. The molecule has 4 heterocycles. The monoisotopic (exact) mass is 555 g/mol. The van der Waals surface area contributed by atoms with E-state index >= 15 is 0 Å². The zero-order valence-corrected chi connectivity index (χ0v) is 22.6. The molecule has 0 bridgehead atoms. The lowest BCUT2D eigenvalue weighted by molar-refractivity contribution is -0.143. The number of nitrogens with one attached hydrogen (secondary N) is 1. The Kier molecular flexibility index (Phi) is 7.79. The molecule has 3 fully saturated rings. The van der Waals surface area contributed by atoms with Crippen LogP contribution in [0.2, 0.25) is 0 Å². The Balaban J connectivity index is 1.18. The molecule has 3 aliphatic rings. The van der Waals surface area contributed by atoms with Gasteiger partial charge in [0, 0.05) is 57.7 Å². The molecule has 1 N–H and O–H groups in total. The minimum atomic E-state index is -2.77. The predicted octanol–water partition coefficient (Wildman–Crippen LogP) is 3.67. The molecule has 0 radical (unpaired) electrons. The maximum absolute atomic E-state index is 14.1. The Labute approximate surface area is 231 Å². The van der Waals surface area contributed by atoms with E-state index in [9.17, 15) is 13.6 Å². The number of methoxy groups -OCH3 is 1. The maximum Gasteiger partial charge on any atom is 0.296 e. The summed E-state index contributed by atoms with van der Waals surface area (Å²) in [6.07, 6.45) is 1.14. The Morgan fingerprint density at radius 3 is 2.58 bits per heavy atom. The van der Waals surface area contributed by atoms with Crippen LogP contribution in [0.5, 0.6) is 0 Å². The molecule has 0 spiro atoms. The van der Waals surface area contributed by atoms with Gasteiger partial charge in [0.25, 0.3) is 6.43 Å². The van der Waals surface area contributed by atoms with Crippen LogP contribution in [-0.2, 0) is 14.3 Å². The molecule has 1 amide bonds. The number of nitrogens with zero attached hydrogens (tertiary/aromatic N) is 6. The van der Waals surface area contributed by atoms with Crippen LogP contribution in [0, 0.1) is 11.8 Å². The van der Waals surface area contributed by atoms with Crippen molar-refractivity contribution in [3.63, 3.8) is 0 Å². The number of halogens is 2. The van der Waals surface area contributed by atoms with Crippen LogP contribution >= 0.6 is 0 Å². The normalized spacial score (nSPS) is 22.1. The number of para-hydroxylation sites is 2. The van der Waals surface area contributed by atoms with Crippen molar-refractivity contribution in [2.75, 3.05) is 63.3 Å². The van der Waals surface area contributed by atoms with Gasteiger partial charge in [-0.15, -0.1) is 0 Å². The highest BCUT2D eigenvalue weighted by molar-refractivity contribution is 5.80. The Morgan fingerprint density at radius 2 is 1.85 bits per heavy atom. The number of imidazole rings is 1. The number of hydrogen-bond acceptors (Lipinski definition) is 8. The lowest BCUT2D eigenvalue weighted by Crippen LogP contribution is -2.54. The number of morpholine rings is 1. The number of aromatic nitrogens is 4. The third-order valence-corrected chi connectivity index (χ3v) is 8.20. The fraction of sp³-hybridized carbons (Fsp3) is 0.571. The van der Waals surface area contributed by atoms with Gasteiger partial charge >= 0.3 is 0 Å². The van der Waals surface area contributed by atoms with Crippen LogP contribution in [0.1, 0.15) is 37.9 Å². The van der Waals surface area contributed by atoms with Crippen LogP contribution in [0.3, 0.4) is 0 Å². The number of amides is 1. The molecule has 3 aromatic rings. The van der Waals surface area contributed by atoms with Crippen LogP contribution in [-0.4, -0.2) is 89.5 Å². The molecule has 0 atom stereocenters. The minimum absolute atomic E-state index is 0.0925. The number of benzene rings is 1. The largest absolute Gasteiger partial charge is 0.381 e. The molecule has 214 valence electrons. The van der Waals surface area contributed by atoms with Crippen molar-refractivity contribution in [2.24, 2.45) is 11.8 Å². The summed E-state index contributed by atoms with van der Waals surface area (Å²) >= 11 is 0. The average molecular weight is 556 g/mol. The zero-order valence-electron chi connectivity index (χ0n) is 22.6. The van der Waals surface area contributed by atoms with Crippen molar-refractivity contribution in [1.82, 2.24) is 24.4 Å². The third-order valence-electron chi connectivity index (χ3n) is 8.20. The van der Waals surface area contributed by atoms with Gasteiger partial charge in [-0.2, -0.15) is 9.97 Å². The molecule has 0 unspecified atom stereocenters. The van der Waals surface area contributed by atoms with Gasteiger partial charge in [0.2, 0.25) is 11.9 Å². The fourth-order valence-electron chi connectivity index (χ4n) is 5.90. The fourth-order valence-corrected chi connectivity index (χ4v) is 5.90. The van der Waals surface area contributed by atoms with E-state index in [0.29, 0.717) is 74.6 Å². The van der Waals surface area contributed by atoms with Gasteiger partial charge in [-0.1, -0.05) is 12.1 Å². The highest BCUT2D eigenvalue weighted by Crippen LogP contribution is 2.31. The summed E-state index contributed by atoms with van der Waals surface area (Å²) in [5.41, 5.74) is 1.04. The number of ether oxygens (including phenoxy) is 2. The summed E-state index contributed by atoms with van der Waals surface area (Å²) < 4.78 is 40.5. The number of rotatable bonds is 8. The van der Waals surface area contributed by atoms with Crippen LogP contribution in [0.25, 0.3) is 16.9 Å². The highest BCUT2D eigenvalue weighted by atomic mass is 19.3. The first kappa shape index (κ1) is 26.8. The van der Waals surface area contributed by atoms with Gasteiger partial charge in [-0.3, -0.25) is 9.36 Å². The standard InChI is InChI=1S/C28H35F2N7O3/c1-39-20-8-6-19(7-9-20)27(38)36-16-18(17-36)15-31-23-14-24(34-28(33-23)35-10-12-40-13-11-35)37-22-5-3-2-4-21(22)32-26(37)25(29)30/h2-5,14,18-20,25H,6-13,15-17H2,1H3,(H,31,33,34). The number of carbonyl (C=O) groups is 1. The SMILES string of the molecule is COC1CCC(C(=O)N2CC(CNc3cc(-n4c(C(F)F)nc5ccccc54)nc(N4CCOCC4)n3)C2)CC1. The first-order chi connectivity index (χ1) is 19.5. The molecule has 2 aliphatic heterocycles. The van der Waals surface area contributed by atoms with Crippen molar-refractivity contribution in [2.45, 2.75) is 38.2 Å². The summed E-state index contributed by atoms with van der Waals surface area (Å²) in [6, 6.07) is 8.75. The van der Waals surface area contributed by atoms with E-state index < -0.39 is 6.43 Å². The summed E-state index contributed by atoms with van der Waals surface area (Å²) in [5.74, 6) is 1.61. The van der Waals surface area contributed by atoms with E-state index in [1.54, 1.807) is 37.4 Å². The zero-order chi connectivity index (χ0) is 27.6. The summed E-state index contributed by atoms with van der Waals surface area (Å²) in [6.45, 7) is 4.34. The number of anilines is 2. The average Bonchev–Trinajstić information content (AvgIpc) is 3.37. The summed E-state index contributed by atoms with van der Waals surface area (Å²) in [4.78, 5) is 30.5. The van der Waals surface area contributed by atoms with Gasteiger partial charge in [0.1, 0.15) is 11.6 Å². The molecule has 6 rings (SSSR count). The van der Waals surface area contributed by atoms with Crippen molar-refractivity contribution >= 4 is 28.7 Å². The molecule has 1 aliphatic carbocycles. The van der Waals surface area contributed by atoms with Gasteiger partial charge in [0.05, 0.1) is 30.4 Å². The van der Waals surface area contributed by atoms with E-state index in [1.807, 2.05) is 9.80 Å². The molecular formula is C28H35F2N7O3. The number of hydrogen-bond donors (Lipinski definition) is 1.